The maximum absolute atomic E-state index is 13.4. The van der Waals surface area contributed by atoms with Gasteiger partial charge in [-0.05, 0) is 48.7 Å². The highest BCUT2D eigenvalue weighted by Gasteiger charge is 2.34. The first kappa shape index (κ1) is 22.6. The van der Waals surface area contributed by atoms with E-state index in [2.05, 4.69) is 15.5 Å². The van der Waals surface area contributed by atoms with Gasteiger partial charge in [0.2, 0.25) is 20.9 Å². The Morgan fingerprint density at radius 1 is 1.15 bits per heavy atom. The SMILES string of the molecule is CN1C(=O)Cc2cc(S(=O)(=O)N3CCC[C@H](c4nnc(C(=O)Nc5ccccc5)s4)C3)ccc21. The third-order valence-corrected chi connectivity index (χ3v) is 9.11. The number of fused-ring (bicyclic) bond motifs is 1. The van der Waals surface area contributed by atoms with E-state index in [1.165, 1.54) is 15.6 Å². The highest BCUT2D eigenvalue weighted by molar-refractivity contribution is 7.89. The van der Waals surface area contributed by atoms with Gasteiger partial charge in [0.15, 0.2) is 0 Å². The fourth-order valence-corrected chi connectivity index (χ4v) is 6.75. The molecule has 2 aliphatic rings. The first-order valence-electron chi connectivity index (χ1n) is 10.9. The van der Waals surface area contributed by atoms with Crippen LogP contribution < -0.4 is 10.2 Å². The number of rotatable bonds is 5. The maximum atomic E-state index is 13.4. The van der Waals surface area contributed by atoms with Gasteiger partial charge in [-0.1, -0.05) is 29.5 Å². The average Bonchev–Trinajstić information content (AvgIpc) is 3.45. The van der Waals surface area contributed by atoms with E-state index in [0.29, 0.717) is 23.7 Å². The molecule has 176 valence electrons. The van der Waals surface area contributed by atoms with Gasteiger partial charge < -0.3 is 10.2 Å². The molecule has 2 aliphatic heterocycles. The molecule has 0 spiro atoms. The van der Waals surface area contributed by atoms with E-state index in [4.69, 9.17) is 0 Å². The first-order valence-corrected chi connectivity index (χ1v) is 13.2. The van der Waals surface area contributed by atoms with Crippen LogP contribution in [0.2, 0.25) is 0 Å². The van der Waals surface area contributed by atoms with Crippen LogP contribution in [0.3, 0.4) is 0 Å². The summed E-state index contributed by atoms with van der Waals surface area (Å²) in [7, 11) is -2.04. The van der Waals surface area contributed by atoms with E-state index in [1.807, 2.05) is 18.2 Å². The molecule has 0 bridgehead atoms. The molecule has 2 amide bonds. The molecule has 1 saturated heterocycles. The second kappa shape index (κ2) is 8.90. The average molecular weight is 498 g/mol. The predicted molar refractivity (Wildman–Crippen MR) is 129 cm³/mol. The quantitative estimate of drug-likeness (QED) is 0.580. The monoisotopic (exact) mass is 497 g/mol. The third kappa shape index (κ3) is 4.22. The molecule has 0 aliphatic carbocycles. The molecule has 0 saturated carbocycles. The smallest absolute Gasteiger partial charge is 0.286 e. The van der Waals surface area contributed by atoms with Crippen molar-refractivity contribution in [3.8, 4) is 0 Å². The van der Waals surface area contributed by atoms with Gasteiger partial charge in [-0.25, -0.2) is 8.42 Å². The van der Waals surface area contributed by atoms with Crippen LogP contribution in [-0.2, 0) is 21.2 Å². The van der Waals surface area contributed by atoms with Crippen LogP contribution in [0.1, 0.15) is 39.1 Å². The number of aromatic nitrogens is 2. The second-order valence-corrected chi connectivity index (χ2v) is 11.3. The number of benzene rings is 2. The number of hydrogen-bond acceptors (Lipinski definition) is 7. The number of carbonyl (C=O) groups is 2. The topological polar surface area (TPSA) is 113 Å². The van der Waals surface area contributed by atoms with Crippen LogP contribution in [0.15, 0.2) is 53.4 Å². The van der Waals surface area contributed by atoms with Gasteiger partial charge in [0.1, 0.15) is 5.01 Å². The minimum absolute atomic E-state index is 0.0500. The summed E-state index contributed by atoms with van der Waals surface area (Å²) in [6.07, 6.45) is 1.65. The molecule has 3 aromatic rings. The minimum Gasteiger partial charge on any atom is -0.320 e. The van der Waals surface area contributed by atoms with Crippen LogP contribution in [0.5, 0.6) is 0 Å². The van der Waals surface area contributed by atoms with Gasteiger partial charge >= 0.3 is 0 Å². The number of likely N-dealkylation sites (N-methyl/N-ethyl adjacent to an activating group) is 1. The molecule has 0 unspecified atom stereocenters. The van der Waals surface area contributed by atoms with Gasteiger partial charge in [-0.3, -0.25) is 9.59 Å². The van der Waals surface area contributed by atoms with E-state index < -0.39 is 10.0 Å². The van der Waals surface area contributed by atoms with Gasteiger partial charge in [0, 0.05) is 37.4 Å². The fraction of sp³-hybridized carbons (Fsp3) is 0.304. The lowest BCUT2D eigenvalue weighted by atomic mass is 10.0. The maximum Gasteiger partial charge on any atom is 0.286 e. The molecule has 3 heterocycles. The summed E-state index contributed by atoms with van der Waals surface area (Å²) >= 11 is 1.19. The molecule has 5 rings (SSSR count). The molecular weight excluding hydrogens is 474 g/mol. The number of anilines is 2. The summed E-state index contributed by atoms with van der Waals surface area (Å²) < 4.78 is 28.2. The Bertz CT molecular complexity index is 1360. The number of carbonyl (C=O) groups excluding carboxylic acids is 2. The van der Waals surface area contributed by atoms with Gasteiger partial charge in [-0.2, -0.15) is 4.31 Å². The minimum atomic E-state index is -3.73. The Balaban J connectivity index is 1.31. The molecule has 2 aromatic carbocycles. The van der Waals surface area contributed by atoms with Gasteiger partial charge in [-0.15, -0.1) is 10.2 Å². The lowest BCUT2D eigenvalue weighted by Crippen LogP contribution is -2.39. The Labute approximate surface area is 201 Å². The zero-order valence-corrected chi connectivity index (χ0v) is 20.1. The zero-order valence-electron chi connectivity index (χ0n) is 18.5. The van der Waals surface area contributed by atoms with Crippen molar-refractivity contribution in [2.45, 2.75) is 30.1 Å². The van der Waals surface area contributed by atoms with Crippen molar-refractivity contribution in [1.29, 1.82) is 0 Å². The van der Waals surface area contributed by atoms with E-state index in [9.17, 15) is 18.0 Å². The molecule has 11 heteroatoms. The second-order valence-electron chi connectivity index (χ2n) is 8.39. The van der Waals surface area contributed by atoms with Crippen molar-refractivity contribution in [2.75, 3.05) is 30.4 Å². The summed E-state index contributed by atoms with van der Waals surface area (Å²) in [6, 6.07) is 14.0. The lowest BCUT2D eigenvalue weighted by Gasteiger charge is -2.30. The Morgan fingerprint density at radius 3 is 2.74 bits per heavy atom. The molecule has 1 fully saturated rings. The summed E-state index contributed by atoms with van der Waals surface area (Å²) in [6.45, 7) is 0.683. The van der Waals surface area contributed by atoms with Crippen LogP contribution in [-0.4, -0.2) is 54.9 Å². The summed E-state index contributed by atoms with van der Waals surface area (Å²) in [4.78, 5) is 26.2. The standard InChI is InChI=1S/C23H23N5O4S2/c1-27-19-10-9-18(12-16(19)13-20(27)29)34(31,32)28-11-5-6-15(14-28)22-25-26-23(33-22)21(30)24-17-7-3-2-4-8-17/h2-4,7-10,12,15H,5-6,11,13-14H2,1H3,(H,24,30)/t15-/m0/s1. The number of sulfonamides is 1. The Hall–Kier alpha value is -3.15. The lowest BCUT2D eigenvalue weighted by molar-refractivity contribution is -0.117. The summed E-state index contributed by atoms with van der Waals surface area (Å²) in [5, 5.41) is 11.9. The van der Waals surface area contributed by atoms with E-state index in [0.717, 1.165) is 17.7 Å². The molecular formula is C23H23N5O4S2. The van der Waals surface area contributed by atoms with Crippen molar-refractivity contribution in [3.63, 3.8) is 0 Å². The summed E-state index contributed by atoms with van der Waals surface area (Å²) in [5.74, 6) is -0.528. The van der Waals surface area contributed by atoms with Gasteiger partial charge in [0.25, 0.3) is 5.91 Å². The van der Waals surface area contributed by atoms with Crippen molar-refractivity contribution < 1.29 is 18.0 Å². The van der Waals surface area contributed by atoms with E-state index in [-0.39, 0.29) is 40.6 Å². The number of nitrogens with one attached hydrogen (secondary N) is 1. The Kier molecular flexibility index (Phi) is 5.92. The third-order valence-electron chi connectivity index (χ3n) is 6.17. The number of hydrogen-bond donors (Lipinski definition) is 1. The first-order chi connectivity index (χ1) is 16.3. The van der Waals surface area contributed by atoms with Crippen molar-refractivity contribution in [2.24, 2.45) is 0 Å². The number of piperidine rings is 1. The number of para-hydroxylation sites is 1. The number of nitrogens with zero attached hydrogens (tertiary/aromatic N) is 4. The van der Waals surface area contributed by atoms with Crippen LogP contribution in [0.4, 0.5) is 11.4 Å². The highest BCUT2D eigenvalue weighted by Crippen LogP contribution is 2.34. The molecule has 9 nitrogen and oxygen atoms in total. The van der Waals surface area contributed by atoms with Crippen molar-refractivity contribution >= 4 is 44.5 Å². The van der Waals surface area contributed by atoms with Crippen LogP contribution in [0, 0.1) is 0 Å². The molecule has 34 heavy (non-hydrogen) atoms. The van der Waals surface area contributed by atoms with Crippen molar-refractivity contribution in [1.82, 2.24) is 14.5 Å². The van der Waals surface area contributed by atoms with Crippen LogP contribution in [0.25, 0.3) is 0 Å². The van der Waals surface area contributed by atoms with E-state index in [1.54, 1.807) is 42.3 Å². The van der Waals surface area contributed by atoms with Crippen molar-refractivity contribution in [3.05, 3.63) is 64.1 Å². The molecule has 1 N–H and O–H groups in total. The predicted octanol–water partition coefficient (Wildman–Crippen LogP) is 2.88. The molecule has 1 aromatic heterocycles. The number of amides is 2. The summed E-state index contributed by atoms with van der Waals surface area (Å²) in [5.41, 5.74) is 2.14. The Morgan fingerprint density at radius 2 is 1.94 bits per heavy atom. The largest absolute Gasteiger partial charge is 0.320 e. The van der Waals surface area contributed by atoms with E-state index >= 15 is 0 Å². The molecule has 0 radical (unpaired) electrons. The van der Waals surface area contributed by atoms with Crippen LogP contribution >= 0.6 is 11.3 Å². The zero-order chi connectivity index (χ0) is 23.9. The highest BCUT2D eigenvalue weighted by atomic mass is 32.2. The van der Waals surface area contributed by atoms with Gasteiger partial charge in [0.05, 0.1) is 11.3 Å². The molecule has 1 atom stereocenters. The normalized spacial score (nSPS) is 18.7. The fourth-order valence-electron chi connectivity index (χ4n) is 4.32.